The van der Waals surface area contributed by atoms with E-state index in [4.69, 9.17) is 0 Å². The fraction of sp³-hybridized carbons (Fsp3) is 0. The molecule has 3 aromatic rings. The van der Waals surface area contributed by atoms with Crippen LogP contribution in [0.15, 0.2) is 81.9 Å². The van der Waals surface area contributed by atoms with E-state index in [0.717, 1.165) is 12.1 Å². The normalized spacial score (nSPS) is 11.1. The number of hydrogen-bond acceptors (Lipinski definition) is 8. The van der Waals surface area contributed by atoms with Crippen LogP contribution in [0.25, 0.3) is 0 Å². The molecular weight excluding hydrogens is 423 g/mol. The molecule has 0 aliphatic rings. The quantitative estimate of drug-likeness (QED) is 0.192. The van der Waals surface area contributed by atoms with Gasteiger partial charge in [0.05, 0.1) is 22.0 Å². The molecular formula is C18H13N4NaO6S. The minimum atomic E-state index is -4.68. The molecule has 0 saturated carbocycles. The zero-order chi connectivity index (χ0) is 21.0. The molecule has 0 atom stereocenters. The summed E-state index contributed by atoms with van der Waals surface area (Å²) < 4.78 is 32.5. The molecule has 0 amide bonds. The Balaban J connectivity index is 0.00000320. The minimum Gasteiger partial charge on any atom is -0.872 e. The molecule has 3 rings (SSSR count). The maximum Gasteiger partial charge on any atom is 1.00 e. The number of hydrogen-bond donors (Lipinski definition) is 2. The number of rotatable bonds is 6. The van der Waals surface area contributed by atoms with Crippen molar-refractivity contribution in [3.8, 4) is 5.75 Å². The first-order chi connectivity index (χ1) is 13.7. The van der Waals surface area contributed by atoms with Crippen molar-refractivity contribution in [1.82, 2.24) is 0 Å². The van der Waals surface area contributed by atoms with Crippen LogP contribution in [-0.2, 0) is 10.1 Å². The number of nitro groups is 1. The van der Waals surface area contributed by atoms with Gasteiger partial charge in [0.15, 0.2) is 0 Å². The molecule has 0 spiro atoms. The molecule has 0 heterocycles. The van der Waals surface area contributed by atoms with Crippen LogP contribution in [0.5, 0.6) is 5.75 Å². The first-order valence-electron chi connectivity index (χ1n) is 8.04. The number of anilines is 2. The van der Waals surface area contributed by atoms with E-state index in [9.17, 15) is 28.2 Å². The van der Waals surface area contributed by atoms with Crippen LogP contribution in [0.1, 0.15) is 0 Å². The predicted octanol–water partition coefficient (Wildman–Crippen LogP) is 1.08. The third-order valence-corrected chi connectivity index (χ3v) is 4.61. The van der Waals surface area contributed by atoms with Crippen LogP contribution >= 0.6 is 0 Å². The summed E-state index contributed by atoms with van der Waals surface area (Å²) in [5.41, 5.74) is 0.975. The van der Waals surface area contributed by atoms with Crippen LogP contribution in [-0.4, -0.2) is 17.9 Å². The molecule has 0 aromatic heterocycles. The summed E-state index contributed by atoms with van der Waals surface area (Å²) >= 11 is 0. The predicted molar refractivity (Wildman–Crippen MR) is 103 cm³/mol. The Labute approximate surface area is 193 Å². The Kier molecular flexibility index (Phi) is 7.65. The van der Waals surface area contributed by atoms with Crippen molar-refractivity contribution in [2.45, 2.75) is 4.90 Å². The molecule has 0 aliphatic heterocycles. The fourth-order valence-electron chi connectivity index (χ4n) is 2.34. The minimum absolute atomic E-state index is 0. The number of nitrogens with zero attached hydrogens (tertiary/aromatic N) is 3. The second-order valence-corrected chi connectivity index (χ2v) is 7.17. The van der Waals surface area contributed by atoms with E-state index < -0.39 is 25.6 Å². The van der Waals surface area contributed by atoms with E-state index >= 15 is 0 Å². The molecule has 0 fully saturated rings. The van der Waals surface area contributed by atoms with Crippen molar-refractivity contribution in [1.29, 1.82) is 0 Å². The molecule has 0 unspecified atom stereocenters. The van der Waals surface area contributed by atoms with Gasteiger partial charge in [-0.25, -0.2) is 0 Å². The molecule has 0 saturated heterocycles. The molecule has 10 nitrogen and oxygen atoms in total. The monoisotopic (exact) mass is 436 g/mol. The maximum absolute atomic E-state index is 11.6. The van der Waals surface area contributed by atoms with Crippen molar-refractivity contribution in [2.75, 3.05) is 5.32 Å². The number of nitro benzene ring substituents is 1. The molecule has 2 N–H and O–H groups in total. The van der Waals surface area contributed by atoms with Gasteiger partial charge >= 0.3 is 29.6 Å². The van der Waals surface area contributed by atoms with Crippen molar-refractivity contribution in [2.24, 2.45) is 10.2 Å². The molecule has 3 aromatic carbocycles. The van der Waals surface area contributed by atoms with E-state index in [0.29, 0.717) is 17.1 Å². The number of benzene rings is 3. The molecule has 12 heteroatoms. The van der Waals surface area contributed by atoms with Crippen LogP contribution in [0.4, 0.5) is 28.4 Å². The zero-order valence-electron chi connectivity index (χ0n) is 15.6. The summed E-state index contributed by atoms with van der Waals surface area (Å²) in [4.78, 5) is 9.47. The summed E-state index contributed by atoms with van der Waals surface area (Å²) in [6.07, 6.45) is 0. The first kappa shape index (κ1) is 23.4. The average Bonchev–Trinajstić information content (AvgIpc) is 2.68. The summed E-state index contributed by atoms with van der Waals surface area (Å²) in [6.45, 7) is 0. The van der Waals surface area contributed by atoms with Crippen molar-refractivity contribution >= 4 is 38.6 Å². The van der Waals surface area contributed by atoms with Crippen molar-refractivity contribution in [3.63, 3.8) is 0 Å². The zero-order valence-corrected chi connectivity index (χ0v) is 18.4. The van der Waals surface area contributed by atoms with E-state index in [1.807, 2.05) is 0 Å². The summed E-state index contributed by atoms with van der Waals surface area (Å²) in [6, 6.07) is 15.3. The Hall–Kier alpha value is -2.83. The van der Waals surface area contributed by atoms with E-state index in [1.165, 1.54) is 30.3 Å². The van der Waals surface area contributed by atoms with Gasteiger partial charge in [-0.05, 0) is 42.5 Å². The molecule has 148 valence electrons. The van der Waals surface area contributed by atoms with Gasteiger partial charge in [-0.15, -0.1) is 5.75 Å². The van der Waals surface area contributed by atoms with Gasteiger partial charge in [0.1, 0.15) is 4.90 Å². The third-order valence-electron chi connectivity index (χ3n) is 3.72. The molecule has 0 bridgehead atoms. The first-order valence-corrected chi connectivity index (χ1v) is 9.48. The smallest absolute Gasteiger partial charge is 0.872 e. The van der Waals surface area contributed by atoms with Gasteiger partial charge in [0.25, 0.3) is 15.8 Å². The molecule has 0 radical (unpaired) electrons. The van der Waals surface area contributed by atoms with Gasteiger partial charge in [0, 0.05) is 17.8 Å². The second-order valence-electron chi connectivity index (χ2n) is 5.78. The Morgan fingerprint density at radius 1 is 0.900 bits per heavy atom. The van der Waals surface area contributed by atoms with Gasteiger partial charge in [0.2, 0.25) is 0 Å². The largest absolute Gasteiger partial charge is 1.00 e. The molecule has 0 aliphatic carbocycles. The Bertz CT molecular complexity index is 1180. The van der Waals surface area contributed by atoms with Crippen molar-refractivity contribution in [3.05, 3.63) is 76.8 Å². The van der Waals surface area contributed by atoms with Gasteiger partial charge < -0.3 is 10.4 Å². The fourth-order valence-corrected chi connectivity index (χ4v) is 3.00. The third kappa shape index (κ3) is 6.08. The van der Waals surface area contributed by atoms with Gasteiger partial charge in [-0.2, -0.15) is 18.6 Å². The molecule has 30 heavy (non-hydrogen) atoms. The summed E-state index contributed by atoms with van der Waals surface area (Å²) in [5.74, 6) is -0.130. The van der Waals surface area contributed by atoms with Crippen LogP contribution < -0.4 is 40.0 Å². The van der Waals surface area contributed by atoms with Crippen LogP contribution in [0, 0.1) is 10.1 Å². The van der Waals surface area contributed by atoms with Gasteiger partial charge in [-0.3, -0.25) is 14.7 Å². The van der Waals surface area contributed by atoms with Crippen LogP contribution in [0.3, 0.4) is 0 Å². The number of non-ortho nitro benzene ring substituents is 1. The second kappa shape index (κ2) is 9.78. The Morgan fingerprint density at radius 2 is 1.43 bits per heavy atom. The average molecular weight is 436 g/mol. The topological polar surface area (TPSA) is 157 Å². The standard InChI is InChI=1S/C18H14N4O6S.Na/c23-16-8-5-14(6-9-16)21-20-13-3-1-12(2-4-13)19-17-10-7-15(22(24)25)11-18(17)29(26,27)28;/h1-11,19,23H,(H,26,27,28);/q;+1/p-1. The maximum atomic E-state index is 11.6. The summed E-state index contributed by atoms with van der Waals surface area (Å²) in [5, 5.41) is 32.7. The van der Waals surface area contributed by atoms with E-state index in [1.54, 1.807) is 24.3 Å². The SMILES string of the molecule is O=[N+]([O-])c1ccc(Nc2ccc(N=Nc3ccc([O-])cc3)cc2)c(S(=O)(=O)O)c1.[Na+]. The number of azo groups is 1. The van der Waals surface area contributed by atoms with E-state index in [-0.39, 0.29) is 41.0 Å². The van der Waals surface area contributed by atoms with Crippen molar-refractivity contribution < 1.29 is 52.6 Å². The summed E-state index contributed by atoms with van der Waals surface area (Å²) in [7, 11) is -4.68. The van der Waals surface area contributed by atoms with Crippen LogP contribution in [0.2, 0.25) is 0 Å². The van der Waals surface area contributed by atoms with E-state index in [2.05, 4.69) is 15.5 Å². The van der Waals surface area contributed by atoms with Gasteiger partial charge in [-0.1, -0.05) is 12.1 Å². The number of nitrogens with one attached hydrogen (secondary N) is 1. The Morgan fingerprint density at radius 3 is 1.93 bits per heavy atom.